The average Bonchev–Trinajstić information content (AvgIpc) is 3.35. The molecule has 5 aromatic carbocycles. The minimum absolute atomic E-state index is 0.824. The number of unbranched alkanes of at least 4 members (excludes halogenated alkanes) is 6. The molecule has 0 heterocycles. The minimum atomic E-state index is -2.45. The van der Waals surface area contributed by atoms with Crippen molar-refractivity contribution >= 4 is 86.0 Å². The smallest absolute Gasteiger partial charge is 0.173 e. The molecule has 0 radical (unpaired) electrons. The maximum atomic E-state index is 4.65. The van der Waals surface area contributed by atoms with Gasteiger partial charge in [-0.25, -0.2) is 0 Å². The molecule has 0 saturated heterocycles. The molecule has 0 bridgehead atoms. The van der Waals surface area contributed by atoms with E-state index in [-0.39, 0.29) is 0 Å². The van der Waals surface area contributed by atoms with E-state index in [1.54, 1.807) is 10.4 Å². The van der Waals surface area contributed by atoms with Crippen LogP contribution in [0.1, 0.15) is 124 Å². The monoisotopic (exact) mass is 965 g/mol. The molecule has 0 aliphatic carbocycles. The van der Waals surface area contributed by atoms with Crippen LogP contribution in [-0.2, 0) is 6.54 Å². The fraction of sp³-hybridized carbons (Fsp3) is 0.474. The Kier molecular flexibility index (Phi) is 23.0. The number of thioether (sulfide) groups is 2. The van der Waals surface area contributed by atoms with E-state index in [0.717, 1.165) is 6.54 Å². The second-order valence-corrected chi connectivity index (χ2v) is 36.6. The molecule has 0 saturated carbocycles. The van der Waals surface area contributed by atoms with Crippen molar-refractivity contribution < 1.29 is 0 Å². The van der Waals surface area contributed by atoms with E-state index in [9.17, 15) is 0 Å². The standard InChI is InChI=1S/C57H84NP2S2Si2/c1-9-15-42-63(43-16-10-2,44-17-11-3)52-38-34-50(35-39-52)60(58-48-49-28-22-21-23-29-49,59(54-30-24-26-32-56(54)61-7)55-31-25-27-33-57(55)62-8)51-36-40-53(41-37-51)64(45-18-12-4,46-19-13-5)47-20-14-6/h21-41,58H,9-20,42-48H2,1-8H3/q+1. The quantitative estimate of drug-likeness (QED) is 0.0280. The Balaban J connectivity index is 1.90. The molecular weight excluding hydrogens is 881 g/mol. The predicted octanol–water partition coefficient (Wildman–Crippen LogP) is 16.0. The molecule has 0 spiro atoms. The molecule has 346 valence electrons. The molecule has 5 aromatic rings. The molecule has 0 atom stereocenters. The Labute approximate surface area is 405 Å². The van der Waals surface area contributed by atoms with Crippen molar-refractivity contribution in [3.8, 4) is 0 Å². The van der Waals surface area contributed by atoms with Crippen LogP contribution in [0.2, 0.25) is 36.3 Å². The summed E-state index contributed by atoms with van der Waals surface area (Å²) in [5.74, 6) is 0. The zero-order valence-corrected chi connectivity index (χ0v) is 46.7. The highest BCUT2D eigenvalue weighted by atomic mass is 32.2. The number of hydrogen-bond acceptors (Lipinski definition) is 3. The first kappa shape index (κ1) is 53.0. The summed E-state index contributed by atoms with van der Waals surface area (Å²) in [6, 6.07) is 60.1. The van der Waals surface area contributed by atoms with E-state index in [0.29, 0.717) is 0 Å². The summed E-state index contributed by atoms with van der Waals surface area (Å²) in [6.07, 6.45) is 20.4. The lowest BCUT2D eigenvalue weighted by molar-refractivity contribution is 0.800. The van der Waals surface area contributed by atoms with Crippen molar-refractivity contribution in [1.29, 1.82) is 0 Å². The van der Waals surface area contributed by atoms with Gasteiger partial charge in [0.25, 0.3) is 0 Å². The van der Waals surface area contributed by atoms with Crippen LogP contribution in [0.15, 0.2) is 137 Å². The number of rotatable bonds is 30. The van der Waals surface area contributed by atoms with Gasteiger partial charge in [0.05, 0.1) is 22.7 Å². The molecule has 1 nitrogen and oxygen atoms in total. The molecule has 7 heteroatoms. The van der Waals surface area contributed by atoms with Crippen molar-refractivity contribution in [2.75, 3.05) is 12.5 Å². The summed E-state index contributed by atoms with van der Waals surface area (Å²) in [6.45, 7) is 15.2. The Hall–Kier alpha value is -1.95. The van der Waals surface area contributed by atoms with Gasteiger partial charge in [-0.3, -0.25) is 0 Å². The van der Waals surface area contributed by atoms with Crippen LogP contribution in [0.3, 0.4) is 0 Å². The van der Waals surface area contributed by atoms with Crippen molar-refractivity contribution in [2.45, 2.75) is 171 Å². The van der Waals surface area contributed by atoms with Crippen LogP contribution in [-0.4, -0.2) is 28.7 Å². The summed E-state index contributed by atoms with van der Waals surface area (Å²) in [5, 5.41) is 14.1. The molecular formula is C57H84NP2S2Si2+. The highest BCUT2D eigenvalue weighted by Crippen LogP contribution is 2.79. The minimum Gasteiger partial charge on any atom is -0.176 e. The number of hydrogen-bond donors (Lipinski definition) is 1. The topological polar surface area (TPSA) is 12.0 Å². The zero-order chi connectivity index (χ0) is 45.7. The fourth-order valence-electron chi connectivity index (χ4n) is 10.3. The number of benzene rings is 5. The normalized spacial score (nSPS) is 12.3. The van der Waals surface area contributed by atoms with Crippen LogP contribution < -0.4 is 36.7 Å². The summed E-state index contributed by atoms with van der Waals surface area (Å²) in [5.41, 5.74) is 1.35. The van der Waals surface area contributed by atoms with Crippen molar-refractivity contribution in [3.63, 3.8) is 0 Å². The molecule has 0 aliphatic heterocycles. The third-order valence-corrected chi connectivity index (χ3v) is 36.8. The summed E-state index contributed by atoms with van der Waals surface area (Å²) < 4.78 is 0. The third kappa shape index (κ3) is 13.2. The van der Waals surface area contributed by atoms with Gasteiger partial charge in [0.15, 0.2) is 7.10 Å². The fourth-order valence-corrected chi connectivity index (χ4v) is 34.5. The van der Waals surface area contributed by atoms with E-state index >= 15 is 0 Å². The lowest BCUT2D eigenvalue weighted by Gasteiger charge is -2.38. The van der Waals surface area contributed by atoms with Gasteiger partial charge in [-0.15, -0.1) is 23.5 Å². The molecule has 0 fully saturated rings. The van der Waals surface area contributed by atoms with Gasteiger partial charge < -0.3 is 0 Å². The SMILES string of the molecule is CCCC[Si](CCCC)(CCCC)c1ccc([P+](NCc2ccccc2)(c2ccc([Si](CCCC)(CCCC)CCCC)cc2)P(c2ccccc2SC)c2ccccc2SC)cc1. The lowest BCUT2D eigenvalue weighted by atomic mass is 10.2. The van der Waals surface area contributed by atoms with E-state index in [1.165, 1.54) is 150 Å². The van der Waals surface area contributed by atoms with Gasteiger partial charge in [0.2, 0.25) is 0 Å². The Bertz CT molecular complexity index is 1890. The second-order valence-electron chi connectivity index (χ2n) is 18.4. The van der Waals surface area contributed by atoms with E-state index in [4.69, 9.17) is 0 Å². The van der Waals surface area contributed by atoms with Gasteiger partial charge in [-0.2, -0.15) is 5.09 Å². The average molecular weight is 966 g/mol. The van der Waals surface area contributed by atoms with Crippen LogP contribution in [0.5, 0.6) is 0 Å². The van der Waals surface area contributed by atoms with E-state index in [2.05, 4.69) is 187 Å². The Morgan fingerprint density at radius 3 is 1.08 bits per heavy atom. The van der Waals surface area contributed by atoms with Crippen LogP contribution in [0.25, 0.3) is 0 Å². The molecule has 1 N–H and O–H groups in total. The van der Waals surface area contributed by atoms with Gasteiger partial charge in [0.1, 0.15) is 18.2 Å². The molecule has 0 unspecified atom stereocenters. The van der Waals surface area contributed by atoms with E-state index in [1.807, 2.05) is 23.5 Å². The van der Waals surface area contributed by atoms with Crippen molar-refractivity contribution in [1.82, 2.24) is 5.09 Å². The van der Waals surface area contributed by atoms with Crippen LogP contribution in [0.4, 0.5) is 0 Å². The largest absolute Gasteiger partial charge is 0.176 e. The molecule has 0 aliphatic rings. The first-order valence-electron chi connectivity index (χ1n) is 25.3. The zero-order valence-electron chi connectivity index (χ0n) is 41.3. The van der Waals surface area contributed by atoms with Crippen LogP contribution in [0, 0.1) is 0 Å². The first-order valence-corrected chi connectivity index (χ1v) is 36.9. The van der Waals surface area contributed by atoms with Crippen molar-refractivity contribution in [3.05, 3.63) is 133 Å². The number of nitrogens with one attached hydrogen (secondary N) is 1. The lowest BCUT2D eigenvalue weighted by Crippen LogP contribution is -2.48. The van der Waals surface area contributed by atoms with Crippen LogP contribution >= 0.6 is 38.2 Å². The van der Waals surface area contributed by atoms with Gasteiger partial charge >= 0.3 is 0 Å². The molecule has 64 heavy (non-hydrogen) atoms. The predicted molar refractivity (Wildman–Crippen MR) is 304 cm³/mol. The molecule has 0 aromatic heterocycles. The van der Waals surface area contributed by atoms with Gasteiger partial charge in [-0.1, -0.05) is 244 Å². The second kappa shape index (κ2) is 27.8. The Morgan fingerprint density at radius 1 is 0.422 bits per heavy atom. The highest BCUT2D eigenvalue weighted by molar-refractivity contribution is 8.49. The molecule has 0 amide bonds. The summed E-state index contributed by atoms with van der Waals surface area (Å²) in [7, 11) is -6.84. The maximum Gasteiger partial charge on any atom is 0.173 e. The van der Waals surface area contributed by atoms with Crippen molar-refractivity contribution in [2.24, 2.45) is 0 Å². The van der Waals surface area contributed by atoms with E-state index < -0.39 is 30.9 Å². The van der Waals surface area contributed by atoms with Gasteiger partial charge in [0, 0.05) is 20.4 Å². The first-order chi connectivity index (χ1) is 31.3. The summed E-state index contributed by atoms with van der Waals surface area (Å²) >= 11 is 3.84. The maximum absolute atomic E-state index is 4.65. The highest BCUT2D eigenvalue weighted by Gasteiger charge is 2.55. The van der Waals surface area contributed by atoms with Gasteiger partial charge in [-0.05, 0) is 66.6 Å². The molecule has 5 rings (SSSR count). The Morgan fingerprint density at radius 2 is 0.750 bits per heavy atom. The third-order valence-electron chi connectivity index (χ3n) is 14.0. The summed E-state index contributed by atoms with van der Waals surface area (Å²) in [4.78, 5) is 2.80.